The number of allylic oxidation sites excluding steroid dienone is 5. The molecular formula is C21H23N3O. The van der Waals surface area contributed by atoms with Gasteiger partial charge in [-0.15, -0.1) is 0 Å². The van der Waals surface area contributed by atoms with Crippen LogP contribution in [0.4, 0.5) is 5.69 Å². The summed E-state index contributed by atoms with van der Waals surface area (Å²) in [7, 11) is 3.85. The van der Waals surface area contributed by atoms with E-state index in [9.17, 15) is 5.11 Å². The summed E-state index contributed by atoms with van der Waals surface area (Å²) in [6, 6.07) is 9.53. The third-order valence-corrected chi connectivity index (χ3v) is 4.26. The SMILES string of the molecule is CN(C)c1ccc(/C=C/C2=CC(=C(C#N)C#N)CC(C)(C)C2)c(O)c1. The van der Waals surface area contributed by atoms with Crippen molar-refractivity contribution in [2.45, 2.75) is 26.7 Å². The predicted molar refractivity (Wildman–Crippen MR) is 101 cm³/mol. The number of rotatable bonds is 3. The average molecular weight is 333 g/mol. The van der Waals surface area contributed by atoms with Gasteiger partial charge in [0.05, 0.1) is 0 Å². The fraction of sp³-hybridized carbons (Fsp3) is 0.333. The molecule has 0 saturated heterocycles. The van der Waals surface area contributed by atoms with Crippen LogP contribution in [0.1, 0.15) is 32.3 Å². The summed E-state index contributed by atoms with van der Waals surface area (Å²) in [6.07, 6.45) is 7.32. The molecule has 0 unspecified atom stereocenters. The highest BCUT2D eigenvalue weighted by Crippen LogP contribution is 2.39. The minimum absolute atomic E-state index is 0.0144. The van der Waals surface area contributed by atoms with E-state index in [1.807, 2.05) is 61.5 Å². The molecule has 128 valence electrons. The molecule has 0 aliphatic heterocycles. The first-order valence-corrected chi connectivity index (χ1v) is 8.18. The molecule has 1 aliphatic rings. The second-order valence-corrected chi connectivity index (χ2v) is 7.33. The molecule has 4 heteroatoms. The fourth-order valence-electron chi connectivity index (χ4n) is 3.04. The van der Waals surface area contributed by atoms with Gasteiger partial charge in [-0.05, 0) is 41.5 Å². The quantitative estimate of drug-likeness (QED) is 0.823. The van der Waals surface area contributed by atoms with Crippen molar-refractivity contribution in [2.75, 3.05) is 19.0 Å². The Bertz CT molecular complexity index is 827. The smallest absolute Gasteiger partial charge is 0.132 e. The van der Waals surface area contributed by atoms with Crippen LogP contribution in [-0.2, 0) is 0 Å². The fourth-order valence-corrected chi connectivity index (χ4v) is 3.04. The van der Waals surface area contributed by atoms with Crippen LogP contribution < -0.4 is 4.90 Å². The first-order valence-electron chi connectivity index (χ1n) is 8.18. The summed E-state index contributed by atoms with van der Waals surface area (Å²) >= 11 is 0. The molecule has 1 aromatic carbocycles. The molecule has 4 nitrogen and oxygen atoms in total. The van der Waals surface area contributed by atoms with Crippen molar-refractivity contribution in [2.24, 2.45) is 5.41 Å². The number of anilines is 1. The van der Waals surface area contributed by atoms with E-state index < -0.39 is 0 Å². The molecule has 0 fully saturated rings. The van der Waals surface area contributed by atoms with E-state index in [0.717, 1.165) is 28.8 Å². The average Bonchev–Trinajstić information content (AvgIpc) is 2.53. The van der Waals surface area contributed by atoms with E-state index in [1.54, 1.807) is 6.07 Å². The Kier molecular flexibility index (Phi) is 5.35. The zero-order chi connectivity index (χ0) is 18.6. The van der Waals surface area contributed by atoms with Gasteiger partial charge in [-0.3, -0.25) is 0 Å². The second-order valence-electron chi connectivity index (χ2n) is 7.33. The normalized spacial score (nSPS) is 16.1. The minimum Gasteiger partial charge on any atom is -0.507 e. The van der Waals surface area contributed by atoms with Gasteiger partial charge in [0, 0.05) is 31.4 Å². The summed E-state index contributed by atoms with van der Waals surface area (Å²) in [5.74, 6) is 0.226. The van der Waals surface area contributed by atoms with Gasteiger partial charge in [-0.1, -0.05) is 32.1 Å². The van der Waals surface area contributed by atoms with Crippen molar-refractivity contribution in [3.8, 4) is 17.9 Å². The summed E-state index contributed by atoms with van der Waals surface area (Å²) < 4.78 is 0. The predicted octanol–water partition coefficient (Wildman–Crippen LogP) is 4.56. The molecule has 0 aromatic heterocycles. The lowest BCUT2D eigenvalue weighted by Crippen LogP contribution is -2.17. The topological polar surface area (TPSA) is 71.0 Å². The highest BCUT2D eigenvalue weighted by molar-refractivity contribution is 5.65. The van der Waals surface area contributed by atoms with Gasteiger partial charge >= 0.3 is 0 Å². The van der Waals surface area contributed by atoms with Gasteiger partial charge in [-0.25, -0.2) is 0 Å². The molecule has 0 radical (unpaired) electrons. The maximum atomic E-state index is 10.2. The lowest BCUT2D eigenvalue weighted by Gasteiger charge is -2.30. The summed E-state index contributed by atoms with van der Waals surface area (Å²) in [5, 5.41) is 28.5. The van der Waals surface area contributed by atoms with E-state index in [1.165, 1.54) is 0 Å². The second kappa shape index (κ2) is 7.28. The zero-order valence-corrected chi connectivity index (χ0v) is 15.2. The first-order chi connectivity index (χ1) is 11.8. The third-order valence-electron chi connectivity index (χ3n) is 4.26. The maximum absolute atomic E-state index is 10.2. The number of benzene rings is 1. The van der Waals surface area contributed by atoms with Crippen molar-refractivity contribution < 1.29 is 5.11 Å². The van der Waals surface area contributed by atoms with Crippen molar-refractivity contribution >= 4 is 11.8 Å². The van der Waals surface area contributed by atoms with Gasteiger partial charge in [0.15, 0.2) is 0 Å². The molecule has 0 atom stereocenters. The van der Waals surface area contributed by atoms with Crippen LogP contribution in [0.2, 0.25) is 0 Å². The molecule has 1 aliphatic carbocycles. The number of nitrogens with zero attached hydrogens (tertiary/aromatic N) is 3. The maximum Gasteiger partial charge on any atom is 0.132 e. The largest absolute Gasteiger partial charge is 0.507 e. The van der Waals surface area contributed by atoms with E-state index in [4.69, 9.17) is 10.5 Å². The summed E-state index contributed by atoms with van der Waals surface area (Å²) in [5.41, 5.74) is 3.67. The Morgan fingerprint density at radius 2 is 1.84 bits per heavy atom. The molecule has 1 N–H and O–H groups in total. The lowest BCUT2D eigenvalue weighted by molar-refractivity contribution is 0.354. The molecule has 0 saturated carbocycles. The van der Waals surface area contributed by atoms with Crippen LogP contribution in [0.15, 0.2) is 47.1 Å². The van der Waals surface area contributed by atoms with E-state index >= 15 is 0 Å². The monoisotopic (exact) mass is 333 g/mol. The number of phenols is 1. The number of nitriles is 2. The molecule has 25 heavy (non-hydrogen) atoms. The van der Waals surface area contributed by atoms with E-state index in [0.29, 0.717) is 6.42 Å². The first kappa shape index (κ1) is 18.4. The molecule has 0 amide bonds. The Morgan fingerprint density at radius 3 is 2.40 bits per heavy atom. The molecule has 0 heterocycles. The Balaban J connectivity index is 2.35. The van der Waals surface area contributed by atoms with Crippen LogP contribution in [0.5, 0.6) is 5.75 Å². The van der Waals surface area contributed by atoms with Crippen molar-refractivity contribution in [3.05, 3.63) is 52.6 Å². The third kappa shape index (κ3) is 4.52. The highest BCUT2D eigenvalue weighted by Gasteiger charge is 2.26. The van der Waals surface area contributed by atoms with Crippen LogP contribution in [0.3, 0.4) is 0 Å². The molecule has 1 aromatic rings. The number of hydrogen-bond acceptors (Lipinski definition) is 4. The van der Waals surface area contributed by atoms with Crippen molar-refractivity contribution in [1.82, 2.24) is 0 Å². The summed E-state index contributed by atoms with van der Waals surface area (Å²) in [4.78, 5) is 1.93. The van der Waals surface area contributed by atoms with Crippen LogP contribution in [-0.4, -0.2) is 19.2 Å². The minimum atomic E-state index is -0.0144. The van der Waals surface area contributed by atoms with Crippen LogP contribution >= 0.6 is 0 Å². The number of aromatic hydroxyl groups is 1. The summed E-state index contributed by atoms with van der Waals surface area (Å²) in [6.45, 7) is 4.26. The Morgan fingerprint density at radius 1 is 1.16 bits per heavy atom. The standard InChI is InChI=1S/C21H23N3O/c1-21(2)11-15(9-17(12-21)18(13-22)14-23)5-6-16-7-8-19(24(3)4)10-20(16)25/h5-10,25H,11-12H2,1-4H3/b6-5+. The van der Waals surface area contributed by atoms with Gasteiger partial charge < -0.3 is 10.0 Å². The number of hydrogen-bond donors (Lipinski definition) is 1. The zero-order valence-electron chi connectivity index (χ0n) is 15.2. The van der Waals surface area contributed by atoms with E-state index in [2.05, 4.69) is 13.8 Å². The molecular weight excluding hydrogens is 310 g/mol. The lowest BCUT2D eigenvalue weighted by atomic mass is 9.74. The number of phenolic OH excluding ortho intramolecular Hbond substituents is 1. The van der Waals surface area contributed by atoms with Gasteiger partial charge in [0.25, 0.3) is 0 Å². The Labute approximate surface area is 149 Å². The van der Waals surface area contributed by atoms with Gasteiger partial charge in [0.1, 0.15) is 23.5 Å². The molecule has 0 bridgehead atoms. The van der Waals surface area contributed by atoms with Crippen molar-refractivity contribution in [1.29, 1.82) is 10.5 Å². The van der Waals surface area contributed by atoms with E-state index in [-0.39, 0.29) is 16.7 Å². The van der Waals surface area contributed by atoms with Gasteiger partial charge in [-0.2, -0.15) is 10.5 Å². The van der Waals surface area contributed by atoms with Gasteiger partial charge in [0.2, 0.25) is 0 Å². The van der Waals surface area contributed by atoms with Crippen LogP contribution in [0, 0.1) is 28.1 Å². The molecule has 2 rings (SSSR count). The highest BCUT2D eigenvalue weighted by atomic mass is 16.3. The van der Waals surface area contributed by atoms with Crippen molar-refractivity contribution in [3.63, 3.8) is 0 Å². The Hall–Kier alpha value is -2.98. The molecule has 0 spiro atoms. The van der Waals surface area contributed by atoms with Crippen LogP contribution in [0.25, 0.3) is 6.08 Å².